The third kappa shape index (κ3) is 6.90. The molecule has 2 rings (SSSR count). The van der Waals surface area contributed by atoms with Crippen molar-refractivity contribution in [3.63, 3.8) is 0 Å². The Kier molecular flexibility index (Phi) is 9.18. The van der Waals surface area contributed by atoms with Gasteiger partial charge in [0.25, 0.3) is 5.69 Å². The number of rotatable bonds is 7. The van der Waals surface area contributed by atoms with Gasteiger partial charge in [0, 0.05) is 31.1 Å². The van der Waals surface area contributed by atoms with Gasteiger partial charge in [-0.15, -0.1) is 0 Å². The summed E-state index contributed by atoms with van der Waals surface area (Å²) >= 11 is 5.80. The molecule has 0 saturated heterocycles. The molecular weight excluding hydrogens is 432 g/mol. The van der Waals surface area contributed by atoms with Crippen LogP contribution < -0.4 is 66.5 Å². The summed E-state index contributed by atoms with van der Waals surface area (Å²) in [4.78, 5) is 20.8. The molecule has 0 aliphatic rings. The van der Waals surface area contributed by atoms with Gasteiger partial charge in [0.2, 0.25) is 0 Å². The number of hydrogen-bond acceptors (Lipinski definition) is 6. The second-order valence-corrected chi connectivity index (χ2v) is 5.64. The van der Waals surface area contributed by atoms with Crippen LogP contribution in [-0.4, -0.2) is 17.4 Å². The van der Waals surface area contributed by atoms with Crippen LogP contribution in [0.4, 0.5) is 24.5 Å². The molecule has 0 aromatic heterocycles. The first-order valence-electron chi connectivity index (χ1n) is 7.34. The number of anilines is 1. The molecule has 0 saturated carbocycles. The maximum atomic E-state index is 12.7. The number of nitrogens with one attached hydrogen (secondary N) is 1. The van der Waals surface area contributed by atoms with Crippen molar-refractivity contribution in [3.05, 3.63) is 57.1 Å². The Morgan fingerprint density at radius 2 is 1.89 bits per heavy atom. The fourth-order valence-corrected chi connectivity index (χ4v) is 2.28. The number of benzene rings is 2. The first-order valence-corrected chi connectivity index (χ1v) is 7.72. The van der Waals surface area contributed by atoms with Gasteiger partial charge in [-0.25, -0.2) is 0 Å². The average Bonchev–Trinajstić information content (AvgIpc) is 2.55. The predicted octanol–water partition coefficient (Wildman–Crippen LogP) is 0.615. The molecule has 7 nitrogen and oxygen atoms in total. The van der Waals surface area contributed by atoms with Crippen LogP contribution in [0.2, 0.25) is 5.02 Å². The van der Waals surface area contributed by atoms with Gasteiger partial charge in [0.15, 0.2) is 0 Å². The number of aliphatic carboxylic acids is 1. The number of carboxylic acid groups (broad SMARTS) is 1. The van der Waals surface area contributed by atoms with E-state index < -0.39 is 22.6 Å². The van der Waals surface area contributed by atoms with Crippen LogP contribution in [0.1, 0.15) is 12.0 Å². The molecule has 0 radical (unpaired) electrons. The monoisotopic (exact) mass is 442 g/mol. The second kappa shape index (κ2) is 10.4. The number of hydrogen-bond donors (Lipinski definition) is 1. The number of nitro benzene ring substituents is 1. The van der Waals surface area contributed by atoms with Crippen molar-refractivity contribution < 1.29 is 84.1 Å². The van der Waals surface area contributed by atoms with E-state index in [-0.39, 0.29) is 92.2 Å². The fraction of sp³-hybridized carbons (Fsp3) is 0.188. The van der Waals surface area contributed by atoms with Crippen molar-refractivity contribution in [1.82, 2.24) is 0 Å². The molecule has 0 aliphatic carbocycles. The predicted molar refractivity (Wildman–Crippen MR) is 87.7 cm³/mol. The zero-order valence-corrected chi connectivity index (χ0v) is 18.3. The number of nitro groups is 1. The first-order chi connectivity index (χ1) is 12.6. The Bertz CT molecular complexity index is 880. The van der Waals surface area contributed by atoms with Gasteiger partial charge in [0.1, 0.15) is 17.2 Å². The van der Waals surface area contributed by atoms with E-state index in [4.69, 9.17) is 16.3 Å². The van der Waals surface area contributed by atoms with Crippen LogP contribution in [0.3, 0.4) is 0 Å². The number of halogens is 4. The summed E-state index contributed by atoms with van der Waals surface area (Å²) in [5.74, 6) is -1.37. The molecule has 0 aliphatic heterocycles. The van der Waals surface area contributed by atoms with E-state index >= 15 is 0 Å². The zero-order valence-electron chi connectivity index (χ0n) is 14.4. The number of carbonyl (C=O) groups excluding carboxylic acids is 1. The van der Waals surface area contributed by atoms with Crippen LogP contribution >= 0.6 is 11.6 Å². The van der Waals surface area contributed by atoms with Gasteiger partial charge < -0.3 is 20.0 Å². The minimum absolute atomic E-state index is 0. The molecular formula is C16H11ClF3KN2O5. The van der Waals surface area contributed by atoms with Gasteiger partial charge in [-0.05, 0) is 24.3 Å². The summed E-state index contributed by atoms with van der Waals surface area (Å²) in [6, 6.07) is 6.05. The second-order valence-electron chi connectivity index (χ2n) is 5.23. The minimum atomic E-state index is -4.56. The molecule has 0 unspecified atom stereocenters. The van der Waals surface area contributed by atoms with Crippen LogP contribution in [0.25, 0.3) is 0 Å². The molecule has 0 heterocycles. The van der Waals surface area contributed by atoms with Crippen molar-refractivity contribution >= 4 is 28.9 Å². The van der Waals surface area contributed by atoms with Gasteiger partial charge in [0.05, 0.1) is 15.5 Å². The number of nitrogens with zero attached hydrogens (tertiary/aromatic N) is 1. The third-order valence-electron chi connectivity index (χ3n) is 3.30. The topological polar surface area (TPSA) is 105 Å². The number of alkyl halides is 3. The normalized spacial score (nSPS) is 10.7. The molecule has 0 fully saturated rings. The average molecular weight is 443 g/mol. The van der Waals surface area contributed by atoms with Crippen LogP contribution in [0.5, 0.6) is 11.5 Å². The van der Waals surface area contributed by atoms with Crippen LogP contribution in [0.15, 0.2) is 36.4 Å². The third-order valence-corrected chi connectivity index (χ3v) is 3.59. The summed E-state index contributed by atoms with van der Waals surface area (Å²) in [6.07, 6.45) is -4.95. The first kappa shape index (κ1) is 24.7. The Morgan fingerprint density at radius 1 is 1.21 bits per heavy atom. The van der Waals surface area contributed by atoms with E-state index in [1.54, 1.807) is 0 Å². The Balaban J connectivity index is 0.00000392. The van der Waals surface area contributed by atoms with Crippen molar-refractivity contribution in [2.24, 2.45) is 0 Å². The van der Waals surface area contributed by atoms with Gasteiger partial charge >= 0.3 is 57.6 Å². The molecule has 2 aromatic rings. The van der Waals surface area contributed by atoms with E-state index in [0.717, 1.165) is 18.2 Å². The SMILES string of the molecule is O=C([O-])CCNc1cc(Oc2ccc(C(F)(F)F)cc2Cl)ccc1[N+](=O)[O-].[K+]. The molecule has 1 N–H and O–H groups in total. The van der Waals surface area contributed by atoms with E-state index in [0.29, 0.717) is 6.07 Å². The molecule has 0 spiro atoms. The summed E-state index contributed by atoms with van der Waals surface area (Å²) in [6.45, 7) is -0.131. The van der Waals surface area contributed by atoms with E-state index in [9.17, 15) is 33.2 Å². The molecule has 0 bridgehead atoms. The van der Waals surface area contributed by atoms with Gasteiger partial charge in [-0.2, -0.15) is 13.2 Å². The van der Waals surface area contributed by atoms with Crippen molar-refractivity contribution in [2.75, 3.05) is 11.9 Å². The van der Waals surface area contributed by atoms with Gasteiger partial charge in [-0.1, -0.05) is 11.6 Å². The van der Waals surface area contributed by atoms with Crippen molar-refractivity contribution in [3.8, 4) is 11.5 Å². The van der Waals surface area contributed by atoms with E-state index in [2.05, 4.69) is 5.32 Å². The van der Waals surface area contributed by atoms with Crippen LogP contribution in [0, 0.1) is 10.1 Å². The molecule has 28 heavy (non-hydrogen) atoms. The van der Waals surface area contributed by atoms with Crippen molar-refractivity contribution in [1.29, 1.82) is 0 Å². The summed E-state index contributed by atoms with van der Waals surface area (Å²) < 4.78 is 43.4. The van der Waals surface area contributed by atoms with E-state index in [1.807, 2.05) is 0 Å². The summed E-state index contributed by atoms with van der Waals surface area (Å²) in [5.41, 5.74) is -1.31. The number of carboxylic acids is 1. The molecule has 0 atom stereocenters. The molecule has 2 aromatic carbocycles. The minimum Gasteiger partial charge on any atom is -0.550 e. The zero-order chi connectivity index (χ0) is 20.2. The maximum Gasteiger partial charge on any atom is 1.00 e. The molecule has 12 heteroatoms. The number of ether oxygens (including phenoxy) is 1. The van der Waals surface area contributed by atoms with Gasteiger partial charge in [-0.3, -0.25) is 10.1 Å². The Hall–Kier alpha value is -1.37. The summed E-state index contributed by atoms with van der Waals surface area (Å²) in [7, 11) is 0. The maximum absolute atomic E-state index is 12.7. The van der Waals surface area contributed by atoms with Crippen LogP contribution in [-0.2, 0) is 11.0 Å². The van der Waals surface area contributed by atoms with E-state index in [1.165, 1.54) is 12.1 Å². The smallest absolute Gasteiger partial charge is 0.550 e. The molecule has 144 valence electrons. The Morgan fingerprint density at radius 3 is 2.43 bits per heavy atom. The largest absolute Gasteiger partial charge is 1.00 e. The molecule has 0 amide bonds. The fourth-order valence-electron chi connectivity index (χ4n) is 2.07. The summed E-state index contributed by atoms with van der Waals surface area (Å²) in [5, 5.41) is 23.8. The number of carbonyl (C=O) groups is 1. The quantitative estimate of drug-likeness (QED) is 0.383. The standard InChI is InChI=1S/C16H12ClF3N2O5.K/c17-11-7-9(16(18,19)20)1-4-14(11)27-10-2-3-13(22(25)26)12(8-10)21-6-5-15(23)24;/h1-4,7-8,21H,5-6H2,(H,23,24);/q;+1/p-1. The Labute approximate surface area is 204 Å². The van der Waals surface area contributed by atoms with Crippen molar-refractivity contribution in [2.45, 2.75) is 12.6 Å².